The second kappa shape index (κ2) is 10.1. The molecule has 0 aliphatic rings. The molecule has 2 aromatic carbocycles. The number of nitrogens with one attached hydrogen (secondary N) is 2. The summed E-state index contributed by atoms with van der Waals surface area (Å²) in [6.07, 6.45) is -0.876. The summed E-state index contributed by atoms with van der Waals surface area (Å²) in [5, 5.41) is 16.3. The predicted octanol–water partition coefficient (Wildman–Crippen LogP) is 2.95. The predicted molar refractivity (Wildman–Crippen MR) is 109 cm³/mol. The quantitative estimate of drug-likeness (QED) is 0.631. The first-order valence-corrected chi connectivity index (χ1v) is 9.36. The van der Waals surface area contributed by atoms with Crippen molar-refractivity contribution in [3.63, 3.8) is 0 Å². The molecule has 0 aliphatic heterocycles. The molecule has 2 aromatic rings. The number of rotatable bonds is 8. The van der Waals surface area contributed by atoms with Crippen molar-refractivity contribution in [2.45, 2.75) is 26.0 Å². The van der Waals surface area contributed by atoms with Gasteiger partial charge in [0.1, 0.15) is 11.8 Å². The SMILES string of the molecule is COc1ccccc1C(=O)NC(C(=O)NCC(O)c1ccc(Cl)cc1)C(C)C. The summed E-state index contributed by atoms with van der Waals surface area (Å²) in [6.45, 7) is 3.69. The summed E-state index contributed by atoms with van der Waals surface area (Å²) in [5.41, 5.74) is 0.994. The number of amides is 2. The molecule has 6 nitrogen and oxygen atoms in total. The molecule has 0 saturated heterocycles. The number of aliphatic hydroxyl groups excluding tert-OH is 1. The summed E-state index contributed by atoms with van der Waals surface area (Å²) < 4.78 is 5.20. The van der Waals surface area contributed by atoms with Crippen molar-refractivity contribution in [1.29, 1.82) is 0 Å². The van der Waals surface area contributed by atoms with Gasteiger partial charge in [-0.05, 0) is 35.7 Å². The third kappa shape index (κ3) is 5.71. The highest BCUT2D eigenvalue weighted by molar-refractivity contribution is 6.30. The highest BCUT2D eigenvalue weighted by atomic mass is 35.5. The van der Waals surface area contributed by atoms with Crippen LogP contribution in [0.15, 0.2) is 48.5 Å². The number of carbonyl (C=O) groups excluding carboxylic acids is 2. The smallest absolute Gasteiger partial charge is 0.255 e. The van der Waals surface area contributed by atoms with Gasteiger partial charge in [-0.2, -0.15) is 0 Å². The third-order valence-electron chi connectivity index (χ3n) is 4.31. The molecule has 2 amide bonds. The fourth-order valence-corrected chi connectivity index (χ4v) is 2.82. The molecule has 0 bridgehead atoms. The van der Waals surface area contributed by atoms with E-state index in [-0.39, 0.29) is 18.4 Å². The maximum absolute atomic E-state index is 12.6. The van der Waals surface area contributed by atoms with E-state index < -0.39 is 18.1 Å². The number of hydrogen-bond acceptors (Lipinski definition) is 4. The molecule has 2 rings (SSSR count). The molecule has 3 N–H and O–H groups in total. The Morgan fingerprint density at radius 3 is 2.36 bits per heavy atom. The molecular weight excluding hydrogens is 380 g/mol. The van der Waals surface area contributed by atoms with Crippen molar-refractivity contribution >= 4 is 23.4 Å². The lowest BCUT2D eigenvalue weighted by molar-refractivity contribution is -0.124. The Kier molecular flexibility index (Phi) is 7.84. The first-order valence-electron chi connectivity index (χ1n) is 8.98. The molecule has 0 heterocycles. The van der Waals surface area contributed by atoms with Crippen molar-refractivity contribution in [2.75, 3.05) is 13.7 Å². The van der Waals surface area contributed by atoms with Gasteiger partial charge in [-0.1, -0.05) is 49.7 Å². The molecule has 0 radical (unpaired) electrons. The van der Waals surface area contributed by atoms with Gasteiger partial charge < -0.3 is 20.5 Å². The van der Waals surface area contributed by atoms with Crippen LogP contribution >= 0.6 is 11.6 Å². The van der Waals surface area contributed by atoms with E-state index >= 15 is 0 Å². The highest BCUT2D eigenvalue weighted by Gasteiger charge is 2.26. The van der Waals surface area contributed by atoms with Crippen molar-refractivity contribution < 1.29 is 19.4 Å². The maximum Gasteiger partial charge on any atom is 0.255 e. The zero-order chi connectivity index (χ0) is 20.7. The van der Waals surface area contributed by atoms with Crippen LogP contribution in [-0.4, -0.2) is 36.6 Å². The molecule has 7 heteroatoms. The van der Waals surface area contributed by atoms with Gasteiger partial charge in [0.2, 0.25) is 5.91 Å². The number of benzene rings is 2. The molecular formula is C21H25ClN2O4. The van der Waals surface area contributed by atoms with Crippen LogP contribution in [0.2, 0.25) is 5.02 Å². The van der Waals surface area contributed by atoms with Gasteiger partial charge in [-0.3, -0.25) is 9.59 Å². The van der Waals surface area contributed by atoms with E-state index in [0.717, 1.165) is 0 Å². The van der Waals surface area contributed by atoms with Gasteiger partial charge in [0.15, 0.2) is 0 Å². The standard InChI is InChI=1S/C21H25ClN2O4/c1-13(2)19(24-20(26)16-6-4-5-7-18(16)28-3)21(27)23-12-17(25)14-8-10-15(22)11-9-14/h4-11,13,17,19,25H,12H2,1-3H3,(H,23,27)(H,24,26). The van der Waals surface area contributed by atoms with E-state index in [1.54, 1.807) is 48.5 Å². The molecule has 0 aromatic heterocycles. The lowest BCUT2D eigenvalue weighted by Gasteiger charge is -2.23. The Morgan fingerprint density at radius 1 is 1.11 bits per heavy atom. The Balaban J connectivity index is 2.01. The van der Waals surface area contributed by atoms with Gasteiger partial charge in [-0.15, -0.1) is 0 Å². The van der Waals surface area contributed by atoms with Gasteiger partial charge in [0.05, 0.1) is 18.8 Å². The Labute approximate surface area is 169 Å². The van der Waals surface area contributed by atoms with E-state index in [0.29, 0.717) is 21.9 Å². The van der Waals surface area contributed by atoms with Crippen LogP contribution in [0.3, 0.4) is 0 Å². The number of methoxy groups -OCH3 is 1. The molecule has 2 unspecified atom stereocenters. The van der Waals surface area contributed by atoms with E-state index in [2.05, 4.69) is 10.6 Å². The second-order valence-corrected chi connectivity index (χ2v) is 7.14. The lowest BCUT2D eigenvalue weighted by atomic mass is 10.0. The normalized spacial score (nSPS) is 12.9. The zero-order valence-electron chi connectivity index (χ0n) is 16.1. The van der Waals surface area contributed by atoms with Crippen LogP contribution < -0.4 is 15.4 Å². The summed E-state index contributed by atoms with van der Waals surface area (Å²) in [4.78, 5) is 25.2. The number of para-hydroxylation sites is 1. The zero-order valence-corrected chi connectivity index (χ0v) is 16.9. The van der Waals surface area contributed by atoms with Crippen LogP contribution in [-0.2, 0) is 4.79 Å². The Bertz CT molecular complexity index is 808. The van der Waals surface area contributed by atoms with E-state index in [1.807, 2.05) is 13.8 Å². The first-order chi connectivity index (χ1) is 13.3. The second-order valence-electron chi connectivity index (χ2n) is 6.71. The Hall–Kier alpha value is -2.57. The summed E-state index contributed by atoms with van der Waals surface area (Å²) >= 11 is 5.84. The largest absolute Gasteiger partial charge is 0.496 e. The van der Waals surface area contributed by atoms with Gasteiger partial charge in [-0.25, -0.2) is 0 Å². The fourth-order valence-electron chi connectivity index (χ4n) is 2.70. The molecule has 0 aliphatic carbocycles. The van der Waals surface area contributed by atoms with E-state index in [9.17, 15) is 14.7 Å². The minimum absolute atomic E-state index is 0.0220. The molecule has 28 heavy (non-hydrogen) atoms. The van der Waals surface area contributed by atoms with Gasteiger partial charge in [0.25, 0.3) is 5.91 Å². The van der Waals surface area contributed by atoms with Crippen LogP contribution in [0, 0.1) is 5.92 Å². The average Bonchev–Trinajstić information content (AvgIpc) is 2.70. The van der Waals surface area contributed by atoms with Crippen molar-refractivity contribution in [2.24, 2.45) is 5.92 Å². The summed E-state index contributed by atoms with van der Waals surface area (Å²) in [7, 11) is 1.48. The van der Waals surface area contributed by atoms with Crippen LogP contribution in [0.4, 0.5) is 0 Å². The molecule has 0 fully saturated rings. The first kappa shape index (κ1) is 21.7. The minimum Gasteiger partial charge on any atom is -0.496 e. The van der Waals surface area contributed by atoms with E-state index in [1.165, 1.54) is 7.11 Å². The molecule has 150 valence electrons. The maximum atomic E-state index is 12.6. The number of ether oxygens (including phenoxy) is 1. The Morgan fingerprint density at radius 2 is 1.75 bits per heavy atom. The number of carbonyl (C=O) groups is 2. The number of hydrogen-bond donors (Lipinski definition) is 3. The van der Waals surface area contributed by atoms with Crippen LogP contribution in [0.25, 0.3) is 0 Å². The number of aliphatic hydroxyl groups is 1. The van der Waals surface area contributed by atoms with Gasteiger partial charge >= 0.3 is 0 Å². The van der Waals surface area contributed by atoms with Crippen molar-refractivity contribution in [1.82, 2.24) is 10.6 Å². The molecule has 0 spiro atoms. The molecule has 0 saturated carbocycles. The van der Waals surface area contributed by atoms with Crippen molar-refractivity contribution in [3.8, 4) is 5.75 Å². The summed E-state index contributed by atoms with van der Waals surface area (Å²) in [5.74, 6) is -0.483. The molecule has 2 atom stereocenters. The topological polar surface area (TPSA) is 87.7 Å². The van der Waals surface area contributed by atoms with Crippen molar-refractivity contribution in [3.05, 3.63) is 64.7 Å². The third-order valence-corrected chi connectivity index (χ3v) is 4.56. The average molecular weight is 405 g/mol. The lowest BCUT2D eigenvalue weighted by Crippen LogP contribution is -2.50. The van der Waals surface area contributed by atoms with Crippen LogP contribution in [0.1, 0.15) is 35.9 Å². The number of halogens is 1. The van der Waals surface area contributed by atoms with Crippen LogP contribution in [0.5, 0.6) is 5.75 Å². The monoisotopic (exact) mass is 404 g/mol. The fraction of sp³-hybridized carbons (Fsp3) is 0.333. The minimum atomic E-state index is -0.876. The highest BCUT2D eigenvalue weighted by Crippen LogP contribution is 2.18. The van der Waals surface area contributed by atoms with Gasteiger partial charge in [0, 0.05) is 11.6 Å². The van der Waals surface area contributed by atoms with E-state index in [4.69, 9.17) is 16.3 Å². The summed E-state index contributed by atoms with van der Waals surface area (Å²) in [6, 6.07) is 12.8.